The first-order chi connectivity index (χ1) is 10.9. The summed E-state index contributed by atoms with van der Waals surface area (Å²) in [7, 11) is 1.60. The lowest BCUT2D eigenvalue weighted by Gasteiger charge is -2.19. The van der Waals surface area contributed by atoms with E-state index in [4.69, 9.17) is 9.47 Å². The maximum Gasteiger partial charge on any atom is 0.413 e. The lowest BCUT2D eigenvalue weighted by Crippen LogP contribution is -2.27. The standard InChI is InChI=1S/C16H20N4O3/c1-16(2,3)23-15(21)18-14-10-9-13(19-20-14)17-11-7-5-6-8-12(11)22-4/h5-10H,1-4H3,(H,17,19)(H,18,20,21). The van der Waals surface area contributed by atoms with E-state index in [-0.39, 0.29) is 0 Å². The Bertz CT molecular complexity index is 666. The van der Waals surface area contributed by atoms with Gasteiger partial charge in [-0.25, -0.2) is 4.79 Å². The molecule has 0 fully saturated rings. The Morgan fingerprint density at radius 1 is 1.04 bits per heavy atom. The van der Waals surface area contributed by atoms with Gasteiger partial charge >= 0.3 is 6.09 Å². The van der Waals surface area contributed by atoms with Gasteiger partial charge in [0.25, 0.3) is 0 Å². The predicted octanol–water partition coefficient (Wildman–Crippen LogP) is 3.58. The Hall–Kier alpha value is -2.83. The van der Waals surface area contributed by atoms with E-state index in [1.165, 1.54) is 0 Å². The van der Waals surface area contributed by atoms with Crippen molar-refractivity contribution in [3.63, 3.8) is 0 Å². The second-order valence-electron chi connectivity index (χ2n) is 5.76. The van der Waals surface area contributed by atoms with Gasteiger partial charge in [-0.05, 0) is 45.0 Å². The van der Waals surface area contributed by atoms with Gasteiger partial charge in [0.2, 0.25) is 0 Å². The number of carbonyl (C=O) groups is 1. The Morgan fingerprint density at radius 3 is 2.30 bits per heavy atom. The number of para-hydroxylation sites is 2. The van der Waals surface area contributed by atoms with Gasteiger partial charge in [-0.2, -0.15) is 0 Å². The summed E-state index contributed by atoms with van der Waals surface area (Å²) in [5.74, 6) is 1.54. The highest BCUT2D eigenvalue weighted by Gasteiger charge is 2.16. The largest absolute Gasteiger partial charge is 0.495 e. The highest BCUT2D eigenvalue weighted by molar-refractivity contribution is 5.83. The highest BCUT2D eigenvalue weighted by atomic mass is 16.6. The topological polar surface area (TPSA) is 85.4 Å². The van der Waals surface area contributed by atoms with Crippen LogP contribution in [-0.4, -0.2) is 29.0 Å². The number of benzene rings is 1. The molecule has 1 aromatic heterocycles. The minimum atomic E-state index is -0.572. The fourth-order valence-electron chi connectivity index (χ4n) is 1.76. The number of nitrogens with one attached hydrogen (secondary N) is 2. The molecule has 0 saturated carbocycles. The van der Waals surface area contributed by atoms with Crippen LogP contribution >= 0.6 is 0 Å². The van der Waals surface area contributed by atoms with Crippen LogP contribution in [0, 0.1) is 0 Å². The van der Waals surface area contributed by atoms with Crippen molar-refractivity contribution in [1.29, 1.82) is 0 Å². The smallest absolute Gasteiger partial charge is 0.413 e. The molecule has 0 spiro atoms. The molecular formula is C16H20N4O3. The number of hydrogen-bond acceptors (Lipinski definition) is 6. The number of nitrogens with zero attached hydrogens (tertiary/aromatic N) is 2. The molecule has 0 aliphatic heterocycles. The Balaban J connectivity index is 2.01. The average Bonchev–Trinajstić information content (AvgIpc) is 2.48. The normalized spacial score (nSPS) is 10.8. The van der Waals surface area contributed by atoms with Gasteiger partial charge in [-0.15, -0.1) is 10.2 Å². The van der Waals surface area contributed by atoms with Crippen LogP contribution in [0.3, 0.4) is 0 Å². The van der Waals surface area contributed by atoms with E-state index in [9.17, 15) is 4.79 Å². The molecule has 0 aliphatic rings. The third-order valence-corrected chi connectivity index (χ3v) is 2.66. The summed E-state index contributed by atoms with van der Waals surface area (Å²) in [5, 5.41) is 13.6. The molecule has 0 radical (unpaired) electrons. The molecule has 2 aromatic rings. The van der Waals surface area contributed by atoms with E-state index < -0.39 is 11.7 Å². The number of aromatic nitrogens is 2. The monoisotopic (exact) mass is 316 g/mol. The summed E-state index contributed by atoms with van der Waals surface area (Å²) in [6.45, 7) is 5.37. The highest BCUT2D eigenvalue weighted by Crippen LogP contribution is 2.26. The molecule has 1 aromatic carbocycles. The third kappa shape index (κ3) is 5.14. The number of hydrogen-bond donors (Lipinski definition) is 2. The van der Waals surface area contributed by atoms with Crippen molar-refractivity contribution < 1.29 is 14.3 Å². The molecule has 7 nitrogen and oxygen atoms in total. The number of ether oxygens (including phenoxy) is 2. The van der Waals surface area contributed by atoms with Crippen molar-refractivity contribution in [1.82, 2.24) is 10.2 Å². The number of methoxy groups -OCH3 is 1. The zero-order valence-electron chi connectivity index (χ0n) is 13.6. The van der Waals surface area contributed by atoms with Crippen LogP contribution in [0.5, 0.6) is 5.75 Å². The fourth-order valence-corrected chi connectivity index (χ4v) is 1.76. The van der Waals surface area contributed by atoms with Gasteiger partial charge in [0.1, 0.15) is 11.4 Å². The van der Waals surface area contributed by atoms with Crippen molar-refractivity contribution in [3.05, 3.63) is 36.4 Å². The van der Waals surface area contributed by atoms with Crippen LogP contribution in [0.4, 0.5) is 22.1 Å². The Kier molecular flexibility index (Phi) is 5.00. The molecule has 0 atom stereocenters. The fraction of sp³-hybridized carbons (Fsp3) is 0.312. The van der Waals surface area contributed by atoms with Crippen LogP contribution in [0.1, 0.15) is 20.8 Å². The lowest BCUT2D eigenvalue weighted by molar-refractivity contribution is 0.0635. The van der Waals surface area contributed by atoms with Crippen molar-refractivity contribution in [2.45, 2.75) is 26.4 Å². The minimum absolute atomic E-state index is 0.310. The molecule has 7 heteroatoms. The molecule has 0 unspecified atom stereocenters. The summed E-state index contributed by atoms with van der Waals surface area (Å²) in [6.07, 6.45) is -0.572. The SMILES string of the molecule is COc1ccccc1Nc1ccc(NC(=O)OC(C)(C)C)nn1. The number of carbonyl (C=O) groups excluding carboxylic acids is 1. The van der Waals surface area contributed by atoms with Crippen LogP contribution in [0.25, 0.3) is 0 Å². The van der Waals surface area contributed by atoms with Gasteiger partial charge in [-0.1, -0.05) is 12.1 Å². The second-order valence-corrected chi connectivity index (χ2v) is 5.76. The summed E-state index contributed by atoms with van der Waals surface area (Å²) in [5.41, 5.74) is 0.209. The van der Waals surface area contributed by atoms with E-state index in [0.717, 1.165) is 5.69 Å². The maximum absolute atomic E-state index is 11.7. The number of anilines is 3. The zero-order valence-corrected chi connectivity index (χ0v) is 13.6. The van der Waals surface area contributed by atoms with Crippen LogP contribution in [0.2, 0.25) is 0 Å². The Morgan fingerprint density at radius 2 is 1.70 bits per heavy atom. The molecule has 0 bridgehead atoms. The first-order valence-electron chi connectivity index (χ1n) is 7.11. The summed E-state index contributed by atoms with van der Waals surface area (Å²) in [6, 6.07) is 10.8. The molecule has 0 saturated heterocycles. The van der Waals surface area contributed by atoms with Gasteiger partial charge < -0.3 is 14.8 Å². The van der Waals surface area contributed by atoms with Gasteiger partial charge in [0, 0.05) is 0 Å². The zero-order chi connectivity index (χ0) is 16.9. The van der Waals surface area contributed by atoms with Crippen molar-refractivity contribution in [2.24, 2.45) is 0 Å². The van der Waals surface area contributed by atoms with Gasteiger partial charge in [0.05, 0.1) is 12.8 Å². The third-order valence-electron chi connectivity index (χ3n) is 2.66. The molecule has 2 N–H and O–H groups in total. The molecule has 0 aliphatic carbocycles. The van der Waals surface area contributed by atoms with E-state index in [0.29, 0.717) is 17.4 Å². The molecule has 2 rings (SSSR count). The van der Waals surface area contributed by atoms with E-state index in [1.54, 1.807) is 40.0 Å². The van der Waals surface area contributed by atoms with Crippen LogP contribution in [0.15, 0.2) is 36.4 Å². The van der Waals surface area contributed by atoms with Crippen molar-refractivity contribution >= 4 is 23.4 Å². The van der Waals surface area contributed by atoms with Crippen LogP contribution < -0.4 is 15.4 Å². The second kappa shape index (κ2) is 6.95. The molecule has 23 heavy (non-hydrogen) atoms. The predicted molar refractivity (Wildman–Crippen MR) is 88.2 cm³/mol. The van der Waals surface area contributed by atoms with E-state index in [1.807, 2.05) is 24.3 Å². The average molecular weight is 316 g/mol. The first kappa shape index (κ1) is 16.5. The number of rotatable bonds is 4. The van der Waals surface area contributed by atoms with Gasteiger partial charge in [-0.3, -0.25) is 5.32 Å². The van der Waals surface area contributed by atoms with Crippen molar-refractivity contribution in [3.8, 4) is 5.75 Å². The lowest BCUT2D eigenvalue weighted by atomic mass is 10.2. The summed E-state index contributed by atoms with van der Waals surface area (Å²) in [4.78, 5) is 11.7. The molecule has 1 heterocycles. The van der Waals surface area contributed by atoms with E-state index >= 15 is 0 Å². The first-order valence-corrected chi connectivity index (χ1v) is 7.11. The van der Waals surface area contributed by atoms with E-state index in [2.05, 4.69) is 20.8 Å². The molecule has 122 valence electrons. The molecular weight excluding hydrogens is 296 g/mol. The molecule has 1 amide bonds. The minimum Gasteiger partial charge on any atom is -0.495 e. The van der Waals surface area contributed by atoms with Crippen LogP contribution in [-0.2, 0) is 4.74 Å². The van der Waals surface area contributed by atoms with Gasteiger partial charge in [0.15, 0.2) is 11.6 Å². The quantitative estimate of drug-likeness (QED) is 0.897. The summed E-state index contributed by atoms with van der Waals surface area (Å²) < 4.78 is 10.4. The number of amides is 1. The Labute approximate surface area is 135 Å². The van der Waals surface area contributed by atoms with Crippen molar-refractivity contribution in [2.75, 3.05) is 17.7 Å². The summed E-state index contributed by atoms with van der Waals surface area (Å²) >= 11 is 0. The maximum atomic E-state index is 11.7.